The highest BCUT2D eigenvalue weighted by Crippen LogP contribution is 2.42. The van der Waals surface area contributed by atoms with E-state index in [9.17, 15) is 17.2 Å². The van der Waals surface area contributed by atoms with Gasteiger partial charge in [-0.3, -0.25) is 0 Å². The molecule has 0 fully saturated rings. The highest BCUT2D eigenvalue weighted by Gasteiger charge is 2.39. The van der Waals surface area contributed by atoms with E-state index >= 15 is 0 Å². The van der Waals surface area contributed by atoms with E-state index in [1.165, 1.54) is 24.3 Å². The summed E-state index contributed by atoms with van der Waals surface area (Å²) in [6, 6.07) is 9.27. The van der Waals surface area contributed by atoms with Crippen molar-refractivity contribution in [1.82, 2.24) is 0 Å². The van der Waals surface area contributed by atoms with Crippen LogP contribution in [0.3, 0.4) is 0 Å². The van der Waals surface area contributed by atoms with Crippen LogP contribution in [0.4, 0.5) is 8.78 Å². The average molecular weight is 394 g/mol. The SMILES string of the molecule is CC1(C)OC(c2ccc(S(C)(=O)=O)cc2)=C(c2cc(F)cc(F)c2)C1=S. The van der Waals surface area contributed by atoms with Crippen molar-refractivity contribution in [3.05, 3.63) is 65.2 Å². The topological polar surface area (TPSA) is 43.4 Å². The van der Waals surface area contributed by atoms with E-state index in [0.717, 1.165) is 12.3 Å². The third kappa shape index (κ3) is 3.41. The molecule has 0 unspecified atom stereocenters. The van der Waals surface area contributed by atoms with Crippen LogP contribution in [0.1, 0.15) is 25.0 Å². The maximum absolute atomic E-state index is 13.7. The van der Waals surface area contributed by atoms with Gasteiger partial charge in [-0.1, -0.05) is 12.2 Å². The van der Waals surface area contributed by atoms with Crippen LogP contribution in [0.5, 0.6) is 0 Å². The summed E-state index contributed by atoms with van der Waals surface area (Å²) in [5.41, 5.74) is 0.443. The minimum Gasteiger partial charge on any atom is -0.481 e. The van der Waals surface area contributed by atoms with Gasteiger partial charge in [0.05, 0.1) is 9.76 Å². The van der Waals surface area contributed by atoms with Crippen LogP contribution >= 0.6 is 12.2 Å². The lowest BCUT2D eigenvalue weighted by atomic mass is 9.93. The zero-order valence-corrected chi connectivity index (χ0v) is 16.0. The van der Waals surface area contributed by atoms with Gasteiger partial charge in [0.15, 0.2) is 9.84 Å². The fraction of sp³-hybridized carbons (Fsp3) is 0.211. The Morgan fingerprint density at radius 3 is 2.00 bits per heavy atom. The van der Waals surface area contributed by atoms with Crippen molar-refractivity contribution < 1.29 is 21.9 Å². The first-order valence-electron chi connectivity index (χ1n) is 7.74. The molecule has 0 aromatic heterocycles. The van der Waals surface area contributed by atoms with Crippen molar-refractivity contribution >= 4 is 38.3 Å². The van der Waals surface area contributed by atoms with E-state index in [1.807, 2.05) is 0 Å². The molecule has 7 heteroatoms. The number of halogens is 2. The van der Waals surface area contributed by atoms with Gasteiger partial charge in [0, 0.05) is 23.5 Å². The standard InChI is InChI=1S/C19H16F2O3S2/c1-19(2)18(25)16(12-8-13(20)10-14(21)9-12)17(24-19)11-4-6-15(7-5-11)26(3,22)23/h4-10H,1-3H3. The molecule has 1 heterocycles. The number of hydrogen-bond acceptors (Lipinski definition) is 4. The first kappa shape index (κ1) is 18.7. The Morgan fingerprint density at radius 2 is 1.50 bits per heavy atom. The third-order valence-electron chi connectivity index (χ3n) is 4.05. The second-order valence-electron chi connectivity index (χ2n) is 6.60. The Morgan fingerprint density at radius 1 is 0.962 bits per heavy atom. The monoisotopic (exact) mass is 394 g/mol. The second kappa shape index (κ2) is 6.25. The number of rotatable bonds is 3. The first-order valence-corrected chi connectivity index (χ1v) is 10.0. The van der Waals surface area contributed by atoms with Crippen LogP contribution in [0, 0.1) is 11.6 Å². The molecule has 0 saturated carbocycles. The number of ether oxygens (including phenoxy) is 1. The van der Waals surface area contributed by atoms with Crippen molar-refractivity contribution in [1.29, 1.82) is 0 Å². The summed E-state index contributed by atoms with van der Waals surface area (Å²) >= 11 is 5.48. The van der Waals surface area contributed by atoms with Gasteiger partial charge in [0.2, 0.25) is 0 Å². The number of hydrogen-bond donors (Lipinski definition) is 0. The Hall–Kier alpha value is -2.12. The van der Waals surface area contributed by atoms with E-state index in [1.54, 1.807) is 26.0 Å². The minimum atomic E-state index is -3.34. The van der Waals surface area contributed by atoms with Crippen LogP contribution < -0.4 is 0 Å². The molecule has 0 bridgehead atoms. The van der Waals surface area contributed by atoms with Gasteiger partial charge in [0.25, 0.3) is 0 Å². The molecule has 2 aromatic rings. The Balaban J connectivity index is 2.20. The largest absolute Gasteiger partial charge is 0.481 e. The number of thiocarbonyl (C=S) groups is 1. The molecule has 1 aliphatic rings. The Kier molecular flexibility index (Phi) is 4.48. The van der Waals surface area contributed by atoms with Gasteiger partial charge >= 0.3 is 0 Å². The van der Waals surface area contributed by atoms with Gasteiger partial charge in [-0.25, -0.2) is 17.2 Å². The lowest BCUT2D eigenvalue weighted by Crippen LogP contribution is -2.27. The van der Waals surface area contributed by atoms with Gasteiger partial charge in [-0.05, 0) is 55.8 Å². The van der Waals surface area contributed by atoms with Crippen LogP contribution in [-0.4, -0.2) is 25.1 Å². The fourth-order valence-corrected chi connectivity index (χ4v) is 3.66. The third-order valence-corrected chi connectivity index (χ3v) is 5.88. The summed E-state index contributed by atoms with van der Waals surface area (Å²) < 4.78 is 56.6. The van der Waals surface area contributed by atoms with E-state index in [0.29, 0.717) is 21.8 Å². The van der Waals surface area contributed by atoms with Crippen LogP contribution in [0.2, 0.25) is 0 Å². The summed E-state index contributed by atoms with van der Waals surface area (Å²) in [6.45, 7) is 3.53. The number of benzene rings is 2. The minimum absolute atomic E-state index is 0.167. The maximum atomic E-state index is 13.7. The van der Waals surface area contributed by atoms with E-state index < -0.39 is 27.1 Å². The molecule has 0 radical (unpaired) electrons. The summed E-state index contributed by atoms with van der Waals surface area (Å²) in [5.74, 6) is -1.07. The summed E-state index contributed by atoms with van der Waals surface area (Å²) in [4.78, 5) is 0.588. The van der Waals surface area contributed by atoms with Crippen LogP contribution in [0.15, 0.2) is 47.4 Å². The molecule has 0 spiro atoms. The zero-order chi connectivity index (χ0) is 19.3. The molecule has 0 atom stereocenters. The molecule has 136 valence electrons. The molecular weight excluding hydrogens is 378 g/mol. The first-order chi connectivity index (χ1) is 12.0. The highest BCUT2D eigenvalue weighted by molar-refractivity contribution is 7.90. The molecule has 0 aliphatic carbocycles. The second-order valence-corrected chi connectivity index (χ2v) is 9.02. The fourth-order valence-electron chi connectivity index (χ4n) is 2.77. The van der Waals surface area contributed by atoms with E-state index in [4.69, 9.17) is 17.0 Å². The van der Waals surface area contributed by atoms with Crippen molar-refractivity contribution in [3.63, 3.8) is 0 Å². The molecule has 26 heavy (non-hydrogen) atoms. The molecule has 0 amide bonds. The summed E-state index contributed by atoms with van der Waals surface area (Å²) in [6.07, 6.45) is 1.12. The van der Waals surface area contributed by atoms with Crippen LogP contribution in [0.25, 0.3) is 11.3 Å². The molecule has 1 aliphatic heterocycles. The van der Waals surface area contributed by atoms with Crippen molar-refractivity contribution in [3.8, 4) is 0 Å². The quantitative estimate of drug-likeness (QED) is 0.723. The smallest absolute Gasteiger partial charge is 0.175 e. The lowest BCUT2D eigenvalue weighted by Gasteiger charge is -2.20. The number of sulfone groups is 1. The Bertz CT molecular complexity index is 1020. The van der Waals surface area contributed by atoms with Gasteiger partial charge in [0.1, 0.15) is 23.0 Å². The van der Waals surface area contributed by atoms with Crippen molar-refractivity contribution in [2.24, 2.45) is 0 Å². The van der Waals surface area contributed by atoms with Gasteiger partial charge < -0.3 is 4.74 Å². The van der Waals surface area contributed by atoms with Gasteiger partial charge in [-0.15, -0.1) is 0 Å². The van der Waals surface area contributed by atoms with Gasteiger partial charge in [-0.2, -0.15) is 0 Å². The molecule has 3 nitrogen and oxygen atoms in total. The molecule has 0 N–H and O–H groups in total. The van der Waals surface area contributed by atoms with Crippen molar-refractivity contribution in [2.75, 3.05) is 6.26 Å². The summed E-state index contributed by atoms with van der Waals surface area (Å²) in [7, 11) is -3.34. The Labute approximate surface area is 156 Å². The normalized spacial score (nSPS) is 16.7. The molecule has 2 aromatic carbocycles. The summed E-state index contributed by atoms with van der Waals surface area (Å²) in [5, 5.41) is 0. The van der Waals surface area contributed by atoms with Crippen molar-refractivity contribution in [2.45, 2.75) is 24.3 Å². The van der Waals surface area contributed by atoms with E-state index in [2.05, 4.69) is 0 Å². The lowest BCUT2D eigenvalue weighted by molar-refractivity contribution is 0.160. The average Bonchev–Trinajstić information content (AvgIpc) is 2.76. The highest BCUT2D eigenvalue weighted by atomic mass is 32.2. The zero-order valence-electron chi connectivity index (χ0n) is 14.3. The molecular formula is C19H16F2O3S2. The predicted octanol–water partition coefficient (Wildman–Crippen LogP) is 4.42. The van der Waals surface area contributed by atoms with Crippen LogP contribution in [-0.2, 0) is 14.6 Å². The predicted molar refractivity (Wildman–Crippen MR) is 100 cm³/mol. The maximum Gasteiger partial charge on any atom is 0.175 e. The molecule has 0 saturated heterocycles. The molecule has 3 rings (SSSR count). The van der Waals surface area contributed by atoms with E-state index in [-0.39, 0.29) is 10.5 Å².